The minimum Gasteiger partial charge on any atom is -0.493 e. The molecule has 3 heterocycles. The molecule has 2 aliphatic heterocycles. The number of nitrogens with one attached hydrogen (secondary N) is 2. The van der Waals surface area contributed by atoms with Gasteiger partial charge in [0.05, 0.1) is 6.61 Å². The number of fused-ring (bicyclic) bond motifs is 1. The first-order valence-corrected chi connectivity index (χ1v) is 10.6. The number of hydrogen-bond donors (Lipinski definition) is 2. The van der Waals surface area contributed by atoms with Crippen LogP contribution in [-0.2, 0) is 0 Å². The monoisotopic (exact) mass is 393 g/mol. The molecule has 0 saturated carbocycles. The normalized spacial score (nSPS) is 20.0. The van der Waals surface area contributed by atoms with Gasteiger partial charge >= 0.3 is 0 Å². The fraction of sp³-hybridized carbons (Fsp3) is 0.478. The summed E-state index contributed by atoms with van der Waals surface area (Å²) in [5.41, 5.74) is 2.49. The van der Waals surface area contributed by atoms with Gasteiger partial charge in [0.25, 0.3) is 0 Å². The quantitative estimate of drug-likeness (QED) is 0.617. The number of nitrogens with zero attached hydrogens (tertiary/aromatic N) is 3. The zero-order valence-corrected chi connectivity index (χ0v) is 17.4. The fourth-order valence-corrected chi connectivity index (χ4v) is 4.14. The predicted molar refractivity (Wildman–Crippen MR) is 118 cm³/mol. The van der Waals surface area contributed by atoms with Gasteiger partial charge in [0.1, 0.15) is 11.6 Å². The van der Waals surface area contributed by atoms with Crippen molar-refractivity contribution in [3.05, 3.63) is 53.7 Å². The summed E-state index contributed by atoms with van der Waals surface area (Å²) in [5, 5.41) is 7.14. The third-order valence-corrected chi connectivity index (χ3v) is 5.88. The highest BCUT2D eigenvalue weighted by Gasteiger charge is 2.23. The Morgan fingerprint density at radius 3 is 2.76 bits per heavy atom. The van der Waals surface area contributed by atoms with Gasteiger partial charge in [-0.2, -0.15) is 0 Å². The highest BCUT2D eigenvalue weighted by atomic mass is 16.5. The average Bonchev–Trinajstić information content (AvgIpc) is 2.77. The molecule has 154 valence electrons. The molecule has 6 heteroatoms. The maximum absolute atomic E-state index is 5.78. The van der Waals surface area contributed by atoms with Gasteiger partial charge in [0, 0.05) is 44.8 Å². The van der Waals surface area contributed by atoms with Crippen LogP contribution in [0.2, 0.25) is 0 Å². The molecule has 1 unspecified atom stereocenters. The van der Waals surface area contributed by atoms with Crippen LogP contribution in [0.15, 0.2) is 47.6 Å². The topological polar surface area (TPSA) is 61.8 Å². The number of aryl methyl sites for hydroxylation is 1. The molecular formula is C23H31N5O. The summed E-state index contributed by atoms with van der Waals surface area (Å²) in [6.45, 7) is 5.74. The van der Waals surface area contributed by atoms with Crippen molar-refractivity contribution >= 4 is 11.8 Å². The van der Waals surface area contributed by atoms with E-state index < -0.39 is 0 Å². The molecule has 0 radical (unpaired) electrons. The number of piperidine rings is 1. The highest BCUT2D eigenvalue weighted by Crippen LogP contribution is 2.32. The molecule has 2 N–H and O–H groups in total. The van der Waals surface area contributed by atoms with Crippen molar-refractivity contribution in [3.8, 4) is 5.75 Å². The molecule has 1 aromatic carbocycles. The van der Waals surface area contributed by atoms with Crippen molar-refractivity contribution in [1.82, 2.24) is 15.6 Å². The van der Waals surface area contributed by atoms with Gasteiger partial charge in [-0.05, 0) is 49.4 Å². The van der Waals surface area contributed by atoms with Gasteiger partial charge in [-0.25, -0.2) is 4.98 Å². The van der Waals surface area contributed by atoms with E-state index in [9.17, 15) is 0 Å². The molecule has 0 spiro atoms. The third-order valence-electron chi connectivity index (χ3n) is 5.88. The molecule has 1 saturated heterocycles. The van der Waals surface area contributed by atoms with Gasteiger partial charge in [-0.1, -0.05) is 24.3 Å². The van der Waals surface area contributed by atoms with Crippen LogP contribution in [0.5, 0.6) is 5.75 Å². The van der Waals surface area contributed by atoms with Crippen molar-refractivity contribution in [1.29, 1.82) is 0 Å². The lowest BCUT2D eigenvalue weighted by molar-refractivity contribution is 0.267. The van der Waals surface area contributed by atoms with Crippen molar-refractivity contribution in [3.63, 3.8) is 0 Å². The van der Waals surface area contributed by atoms with Gasteiger partial charge in [0.15, 0.2) is 5.96 Å². The molecule has 1 aromatic heterocycles. The molecule has 29 heavy (non-hydrogen) atoms. The van der Waals surface area contributed by atoms with E-state index in [1.54, 1.807) is 0 Å². The van der Waals surface area contributed by atoms with Crippen LogP contribution >= 0.6 is 0 Å². The van der Waals surface area contributed by atoms with Gasteiger partial charge < -0.3 is 20.3 Å². The first kappa shape index (κ1) is 19.6. The zero-order valence-electron chi connectivity index (χ0n) is 17.4. The van der Waals surface area contributed by atoms with Crippen LogP contribution in [0.3, 0.4) is 0 Å². The maximum Gasteiger partial charge on any atom is 0.191 e. The number of anilines is 1. The summed E-state index contributed by atoms with van der Waals surface area (Å²) in [5.74, 6) is 3.44. The fourth-order valence-electron chi connectivity index (χ4n) is 4.14. The Kier molecular flexibility index (Phi) is 6.17. The number of aliphatic imine (C=N–C) groups is 1. The van der Waals surface area contributed by atoms with E-state index in [0.717, 1.165) is 63.0 Å². The van der Waals surface area contributed by atoms with Crippen LogP contribution in [0.25, 0.3) is 0 Å². The Bertz CT molecular complexity index is 827. The highest BCUT2D eigenvalue weighted by molar-refractivity contribution is 5.80. The SMILES string of the molecule is CN=C(NCC1CCOc2ccccc21)NC1CCN(c2ccc(C)cn2)CC1. The summed E-state index contributed by atoms with van der Waals surface area (Å²) in [6, 6.07) is 13.0. The van der Waals surface area contributed by atoms with Crippen LogP contribution in [-0.4, -0.2) is 50.3 Å². The molecule has 0 amide bonds. The standard InChI is InChI=1S/C23H31N5O/c1-17-7-8-22(25-15-17)28-12-9-19(10-13-28)27-23(24-2)26-16-18-11-14-29-21-6-4-3-5-20(18)21/h3-8,15,18-19H,9-14,16H2,1-2H3,(H2,24,26,27). The number of benzene rings is 1. The van der Waals surface area contributed by atoms with Gasteiger partial charge in [0.2, 0.25) is 0 Å². The van der Waals surface area contributed by atoms with Crippen LogP contribution in [0, 0.1) is 6.92 Å². The molecule has 1 atom stereocenters. The molecule has 2 aromatic rings. The molecule has 6 nitrogen and oxygen atoms in total. The van der Waals surface area contributed by atoms with Gasteiger partial charge in [-0.15, -0.1) is 0 Å². The number of para-hydroxylation sites is 1. The van der Waals surface area contributed by atoms with Crippen molar-refractivity contribution in [2.75, 3.05) is 38.2 Å². The van der Waals surface area contributed by atoms with E-state index in [1.165, 1.54) is 11.1 Å². The molecular weight excluding hydrogens is 362 g/mol. The number of rotatable bonds is 4. The van der Waals surface area contributed by atoms with E-state index in [-0.39, 0.29) is 0 Å². The summed E-state index contributed by atoms with van der Waals surface area (Å²) >= 11 is 0. The average molecular weight is 394 g/mol. The Balaban J connectivity index is 1.27. The Morgan fingerprint density at radius 1 is 1.17 bits per heavy atom. The van der Waals surface area contributed by atoms with Crippen LogP contribution in [0.1, 0.15) is 36.3 Å². The Morgan fingerprint density at radius 2 is 2.00 bits per heavy atom. The second kappa shape index (κ2) is 9.16. The molecule has 0 bridgehead atoms. The summed E-state index contributed by atoms with van der Waals surface area (Å²) in [4.78, 5) is 11.4. The van der Waals surface area contributed by atoms with E-state index >= 15 is 0 Å². The van der Waals surface area contributed by atoms with Gasteiger partial charge in [-0.3, -0.25) is 4.99 Å². The zero-order chi connectivity index (χ0) is 20.1. The van der Waals surface area contributed by atoms with E-state index in [2.05, 4.69) is 62.8 Å². The number of pyridine rings is 1. The van der Waals surface area contributed by atoms with Crippen molar-refractivity contribution in [2.24, 2.45) is 4.99 Å². The molecule has 1 fully saturated rings. The first-order chi connectivity index (χ1) is 14.2. The molecule has 4 rings (SSSR count). The number of hydrogen-bond acceptors (Lipinski definition) is 4. The second-order valence-corrected chi connectivity index (χ2v) is 7.92. The minimum absolute atomic E-state index is 0.435. The lowest BCUT2D eigenvalue weighted by atomic mass is 9.93. The second-order valence-electron chi connectivity index (χ2n) is 7.92. The van der Waals surface area contributed by atoms with E-state index in [4.69, 9.17) is 4.74 Å². The summed E-state index contributed by atoms with van der Waals surface area (Å²) < 4.78 is 5.78. The van der Waals surface area contributed by atoms with Crippen molar-refractivity contribution in [2.45, 2.75) is 38.1 Å². The number of aromatic nitrogens is 1. The summed E-state index contributed by atoms with van der Waals surface area (Å²) in [6.07, 6.45) is 5.13. The van der Waals surface area contributed by atoms with E-state index in [0.29, 0.717) is 12.0 Å². The molecule has 0 aliphatic carbocycles. The van der Waals surface area contributed by atoms with Crippen LogP contribution in [0.4, 0.5) is 5.82 Å². The minimum atomic E-state index is 0.435. The lowest BCUT2D eigenvalue weighted by Gasteiger charge is -2.34. The lowest BCUT2D eigenvalue weighted by Crippen LogP contribution is -2.49. The Labute approximate surface area is 173 Å². The largest absolute Gasteiger partial charge is 0.493 e. The van der Waals surface area contributed by atoms with E-state index in [1.807, 2.05) is 19.3 Å². The number of guanidine groups is 1. The van der Waals surface area contributed by atoms with Crippen molar-refractivity contribution < 1.29 is 4.74 Å². The summed E-state index contributed by atoms with van der Waals surface area (Å²) in [7, 11) is 1.85. The smallest absolute Gasteiger partial charge is 0.191 e. The maximum atomic E-state index is 5.78. The number of ether oxygens (including phenoxy) is 1. The van der Waals surface area contributed by atoms with Crippen LogP contribution < -0.4 is 20.3 Å². The Hall–Kier alpha value is -2.76. The molecule has 2 aliphatic rings. The third kappa shape index (κ3) is 4.81. The predicted octanol–water partition coefficient (Wildman–Crippen LogP) is 3.09. The first-order valence-electron chi connectivity index (χ1n) is 10.6.